The van der Waals surface area contributed by atoms with Gasteiger partial charge in [0.15, 0.2) is 0 Å². The van der Waals surface area contributed by atoms with Crippen molar-refractivity contribution < 1.29 is 0 Å². The summed E-state index contributed by atoms with van der Waals surface area (Å²) in [5.74, 6) is 15.2. The third kappa shape index (κ3) is 10.9. The van der Waals surface area contributed by atoms with Crippen molar-refractivity contribution >= 4 is 32.3 Å². The molecule has 0 unspecified atom stereocenters. The van der Waals surface area contributed by atoms with E-state index in [0.29, 0.717) is 66.5 Å². The van der Waals surface area contributed by atoms with E-state index >= 15 is 0 Å². The van der Waals surface area contributed by atoms with E-state index in [4.69, 9.17) is 0 Å². The Hall–Kier alpha value is -1.37. The Balaban J connectivity index is 9.13. The summed E-state index contributed by atoms with van der Waals surface area (Å²) in [5.41, 5.74) is 28.1. The molecule has 0 nitrogen and oxygen atoms in total. The molecule has 0 saturated carbocycles. The Morgan fingerprint density at radius 3 is 0.451 bits per heavy atom. The summed E-state index contributed by atoms with van der Waals surface area (Å²) in [4.78, 5) is 0. The summed E-state index contributed by atoms with van der Waals surface area (Å²) in [7, 11) is -8.06. The van der Waals surface area contributed by atoms with Crippen molar-refractivity contribution in [3.63, 3.8) is 0 Å². The normalized spacial score (nSPS) is 12.9. The molecule has 0 fully saturated rings. The van der Waals surface area contributed by atoms with E-state index in [-0.39, 0.29) is 0 Å². The minimum atomic E-state index is -2.01. The van der Waals surface area contributed by atoms with Crippen LogP contribution in [0.5, 0.6) is 0 Å². The molecular weight excluding hydrogens is 677 g/mol. The van der Waals surface area contributed by atoms with Gasteiger partial charge in [-0.15, -0.1) is 22.2 Å². The minimum Gasteiger partial charge on any atom is -0.124 e. The second-order valence-corrected chi connectivity index (χ2v) is 41.8. The smallest absolute Gasteiger partial charge is 0.124 e. The largest absolute Gasteiger partial charge is 0.146 e. The standard InChI is InChI=1S/C47H84Si4/c1-34(2)48(35(3)4,36(5)6)29-25-46(26-30-49(37(7)8,38(9)10)39(11)12)33-47(27-31-50(40(13)14,41(15)16)42(17)18)28-32-51(43(19)20,44(21)22)45(23)24/h34-45H,1-24H3. The van der Waals surface area contributed by atoms with E-state index in [1.807, 2.05) is 0 Å². The van der Waals surface area contributed by atoms with Crippen LogP contribution in [0.15, 0.2) is 16.9 Å². The zero-order valence-corrected chi connectivity index (χ0v) is 42.4. The highest BCUT2D eigenvalue weighted by Gasteiger charge is 2.44. The molecule has 0 aromatic carbocycles. The maximum atomic E-state index is 4.03. The highest BCUT2D eigenvalue weighted by Crippen LogP contribution is 2.44. The van der Waals surface area contributed by atoms with Crippen LogP contribution in [0.25, 0.3) is 0 Å². The molecule has 0 aliphatic heterocycles. The number of rotatable bonds is 12. The van der Waals surface area contributed by atoms with Gasteiger partial charge in [-0.3, -0.25) is 0 Å². The first-order chi connectivity index (χ1) is 23.2. The van der Waals surface area contributed by atoms with E-state index < -0.39 is 32.3 Å². The van der Waals surface area contributed by atoms with Crippen LogP contribution < -0.4 is 0 Å². The first-order valence-electron chi connectivity index (χ1n) is 20.8. The van der Waals surface area contributed by atoms with Gasteiger partial charge in [0.25, 0.3) is 0 Å². The van der Waals surface area contributed by atoms with Crippen LogP contribution in [0.1, 0.15) is 166 Å². The van der Waals surface area contributed by atoms with E-state index in [1.54, 1.807) is 0 Å². The van der Waals surface area contributed by atoms with Crippen molar-refractivity contribution in [2.75, 3.05) is 0 Å². The van der Waals surface area contributed by atoms with Gasteiger partial charge in [0.1, 0.15) is 43.4 Å². The van der Waals surface area contributed by atoms with Crippen molar-refractivity contribution in [2.45, 2.75) is 233 Å². The average molecular weight is 762 g/mol. The van der Waals surface area contributed by atoms with Crippen LogP contribution in [-0.4, -0.2) is 32.3 Å². The fraction of sp³-hybridized carbons (Fsp3) is 0.766. The molecular formula is C47H84Si4. The quantitative estimate of drug-likeness (QED) is 0.106. The molecule has 0 spiro atoms. The van der Waals surface area contributed by atoms with Crippen LogP contribution in [-0.2, 0) is 0 Å². The second kappa shape index (κ2) is 20.3. The highest BCUT2D eigenvalue weighted by atomic mass is 28.3. The van der Waals surface area contributed by atoms with Gasteiger partial charge < -0.3 is 0 Å². The Bertz CT molecular complexity index is 1140. The predicted molar refractivity (Wildman–Crippen MR) is 246 cm³/mol. The van der Waals surface area contributed by atoms with Crippen molar-refractivity contribution in [2.24, 2.45) is 0 Å². The maximum Gasteiger partial charge on any atom is 0.146 e. The van der Waals surface area contributed by atoms with E-state index in [1.165, 1.54) is 0 Å². The van der Waals surface area contributed by atoms with Gasteiger partial charge >= 0.3 is 0 Å². The summed E-state index contributed by atoms with van der Waals surface area (Å²) < 4.78 is 0. The van der Waals surface area contributed by atoms with Crippen molar-refractivity contribution in [3.8, 4) is 45.9 Å². The lowest BCUT2D eigenvalue weighted by molar-refractivity contribution is 0.838. The van der Waals surface area contributed by atoms with Crippen molar-refractivity contribution in [3.05, 3.63) is 16.9 Å². The summed E-state index contributed by atoms with van der Waals surface area (Å²) in [5, 5.41) is 0. The average Bonchev–Trinajstić information content (AvgIpc) is 2.95. The molecule has 0 atom stereocenters. The van der Waals surface area contributed by atoms with Gasteiger partial charge in [-0.25, -0.2) is 0 Å². The Morgan fingerprint density at radius 1 is 0.235 bits per heavy atom. The third-order valence-corrected chi connectivity index (χ3v) is 38.5. The van der Waals surface area contributed by atoms with Gasteiger partial charge in [-0.2, -0.15) is 0 Å². The molecule has 0 aromatic heterocycles. The van der Waals surface area contributed by atoms with Gasteiger partial charge in [-0.1, -0.05) is 196 Å². The molecule has 51 heavy (non-hydrogen) atoms. The summed E-state index contributed by atoms with van der Waals surface area (Å²) >= 11 is 0. The fourth-order valence-electron chi connectivity index (χ4n) is 10.7. The van der Waals surface area contributed by atoms with Crippen molar-refractivity contribution in [1.29, 1.82) is 0 Å². The van der Waals surface area contributed by atoms with Gasteiger partial charge in [0.2, 0.25) is 0 Å². The predicted octanol–water partition coefficient (Wildman–Crippen LogP) is 15.3. The van der Waals surface area contributed by atoms with Gasteiger partial charge in [0.05, 0.1) is 0 Å². The SMILES string of the molecule is CC(C)[Si](C#CC(=C=C(C#C[Si](C(C)C)(C(C)C)C(C)C)C#C[Si](C(C)C)(C(C)C)C(C)C)C#C[Si](C(C)C)(C(C)C)C(C)C)(C(C)C)C(C)C. The fourth-order valence-corrected chi connectivity index (χ4v) is 31.6. The lowest BCUT2D eigenvalue weighted by Gasteiger charge is -2.38. The molecule has 0 saturated heterocycles. The third-order valence-electron chi connectivity index (χ3n) is 13.3. The number of hydrogen-bond acceptors (Lipinski definition) is 0. The topological polar surface area (TPSA) is 0 Å². The first-order valence-corrected chi connectivity index (χ1v) is 29.7. The molecule has 0 bridgehead atoms. The minimum absolute atomic E-state index is 0.544. The zero-order valence-electron chi connectivity index (χ0n) is 38.4. The van der Waals surface area contributed by atoms with Crippen molar-refractivity contribution in [1.82, 2.24) is 0 Å². The van der Waals surface area contributed by atoms with Gasteiger partial charge in [0, 0.05) is 0 Å². The monoisotopic (exact) mass is 761 g/mol. The Kier molecular flexibility index (Phi) is 19.8. The summed E-state index contributed by atoms with van der Waals surface area (Å²) in [6.07, 6.45) is 0. The van der Waals surface area contributed by atoms with E-state index in [9.17, 15) is 0 Å². The van der Waals surface area contributed by atoms with E-state index in [2.05, 4.69) is 218 Å². The van der Waals surface area contributed by atoms with E-state index in [0.717, 1.165) is 11.1 Å². The van der Waals surface area contributed by atoms with Crippen LogP contribution >= 0.6 is 0 Å². The van der Waals surface area contributed by atoms with Gasteiger partial charge in [-0.05, 0) is 66.5 Å². The molecule has 0 aliphatic carbocycles. The highest BCUT2D eigenvalue weighted by molar-refractivity contribution is 6.92. The lowest BCUT2D eigenvalue weighted by Crippen LogP contribution is -2.43. The first kappa shape index (κ1) is 49.6. The molecule has 0 aromatic rings. The number of hydrogen-bond donors (Lipinski definition) is 0. The number of allylic oxidation sites excluding steroid dienone is 1. The lowest BCUT2D eigenvalue weighted by atomic mass is 10.2. The Morgan fingerprint density at radius 2 is 0.353 bits per heavy atom. The Labute approximate surface area is 326 Å². The molecule has 288 valence electrons. The zero-order chi connectivity index (χ0) is 40.4. The second-order valence-electron chi connectivity index (χ2n) is 19.5. The molecule has 0 amide bonds. The molecule has 0 radical (unpaired) electrons. The summed E-state index contributed by atoms with van der Waals surface area (Å²) in [6.45, 7) is 57.4. The van der Waals surface area contributed by atoms with Crippen LogP contribution in [0.2, 0.25) is 66.5 Å². The molecule has 0 N–H and O–H groups in total. The molecule has 0 aliphatic rings. The molecule has 0 heterocycles. The van der Waals surface area contributed by atoms with Crippen LogP contribution in [0.3, 0.4) is 0 Å². The van der Waals surface area contributed by atoms with Crippen LogP contribution in [0, 0.1) is 45.9 Å². The summed E-state index contributed by atoms with van der Waals surface area (Å²) in [6, 6.07) is 0. The van der Waals surface area contributed by atoms with Crippen LogP contribution in [0.4, 0.5) is 0 Å². The maximum absolute atomic E-state index is 4.03. The molecule has 0 rings (SSSR count). The molecule has 4 heteroatoms.